The van der Waals surface area contributed by atoms with Crippen molar-refractivity contribution in [3.63, 3.8) is 0 Å². The highest BCUT2D eigenvalue weighted by atomic mass is 35.5. The van der Waals surface area contributed by atoms with Gasteiger partial charge in [0.25, 0.3) is 0 Å². The van der Waals surface area contributed by atoms with Gasteiger partial charge in [-0.2, -0.15) is 0 Å². The van der Waals surface area contributed by atoms with Gasteiger partial charge in [-0.15, -0.1) is 0 Å². The Labute approximate surface area is 128 Å². The van der Waals surface area contributed by atoms with Crippen LogP contribution in [0, 0.1) is 0 Å². The Morgan fingerprint density at radius 2 is 1.80 bits per heavy atom. The van der Waals surface area contributed by atoms with Crippen LogP contribution in [0.25, 0.3) is 0 Å². The van der Waals surface area contributed by atoms with Gasteiger partial charge in [-0.25, -0.2) is 0 Å². The van der Waals surface area contributed by atoms with Crippen molar-refractivity contribution in [3.05, 3.63) is 64.1 Å². The first-order valence-corrected chi connectivity index (χ1v) is 7.04. The summed E-state index contributed by atoms with van der Waals surface area (Å²) in [6.07, 6.45) is 0.655. The minimum absolute atomic E-state index is 0.0881. The number of halogens is 2. The van der Waals surface area contributed by atoms with Gasteiger partial charge in [-0.1, -0.05) is 47.5 Å². The zero-order valence-corrected chi connectivity index (χ0v) is 12.3. The first-order chi connectivity index (χ1) is 9.65. The largest absolute Gasteiger partial charge is 0.493 e. The van der Waals surface area contributed by atoms with Crippen LogP contribution < -0.4 is 4.74 Å². The van der Waals surface area contributed by atoms with Gasteiger partial charge in [0.15, 0.2) is 0 Å². The molecule has 0 N–H and O–H groups in total. The van der Waals surface area contributed by atoms with Crippen LogP contribution in [0.15, 0.2) is 48.5 Å². The fourth-order valence-corrected chi connectivity index (χ4v) is 2.24. The summed E-state index contributed by atoms with van der Waals surface area (Å²) in [4.78, 5) is 11.9. The van der Waals surface area contributed by atoms with E-state index in [1.54, 1.807) is 18.2 Å². The van der Waals surface area contributed by atoms with Crippen molar-refractivity contribution in [1.82, 2.24) is 0 Å². The van der Waals surface area contributed by atoms with E-state index in [1.807, 2.05) is 30.3 Å². The van der Waals surface area contributed by atoms with E-state index in [0.29, 0.717) is 29.5 Å². The number of rotatable bonds is 6. The Hall–Kier alpha value is -1.51. The molecule has 0 fully saturated rings. The molecule has 0 aliphatic rings. The van der Waals surface area contributed by atoms with Gasteiger partial charge in [0.1, 0.15) is 11.5 Å². The summed E-state index contributed by atoms with van der Waals surface area (Å²) < 4.78 is 5.49. The maximum atomic E-state index is 11.9. The van der Waals surface area contributed by atoms with Crippen LogP contribution in [0.1, 0.15) is 12.0 Å². The van der Waals surface area contributed by atoms with Gasteiger partial charge in [-0.05, 0) is 29.8 Å². The highest BCUT2D eigenvalue weighted by molar-refractivity contribution is 6.35. The fourth-order valence-electron chi connectivity index (χ4n) is 1.77. The number of Topliss-reactive ketones (excluding diaryl/α,β-unsaturated/α-hetero) is 1. The van der Waals surface area contributed by atoms with Crippen molar-refractivity contribution in [1.29, 1.82) is 0 Å². The zero-order valence-electron chi connectivity index (χ0n) is 10.8. The number of ketones is 1. The van der Waals surface area contributed by atoms with Gasteiger partial charge >= 0.3 is 0 Å². The van der Waals surface area contributed by atoms with E-state index in [0.717, 1.165) is 11.3 Å². The molecule has 0 saturated heterocycles. The molecule has 0 atom stereocenters. The van der Waals surface area contributed by atoms with Crippen LogP contribution in [-0.4, -0.2) is 12.4 Å². The van der Waals surface area contributed by atoms with Crippen LogP contribution in [0.2, 0.25) is 10.0 Å². The van der Waals surface area contributed by atoms with Crippen molar-refractivity contribution in [3.8, 4) is 5.75 Å². The molecule has 104 valence electrons. The molecular weight excluding hydrogens is 295 g/mol. The third-order valence-corrected chi connectivity index (χ3v) is 3.38. The fraction of sp³-hybridized carbons (Fsp3) is 0.188. The second-order valence-corrected chi connectivity index (χ2v) is 5.21. The van der Waals surface area contributed by atoms with Crippen LogP contribution in [-0.2, 0) is 11.2 Å². The van der Waals surface area contributed by atoms with Crippen molar-refractivity contribution >= 4 is 29.0 Å². The number of hydrogen-bond donors (Lipinski definition) is 0. The first kappa shape index (κ1) is 14.9. The highest BCUT2D eigenvalue weighted by Gasteiger charge is 2.08. The van der Waals surface area contributed by atoms with Gasteiger partial charge in [-0.3, -0.25) is 4.79 Å². The minimum atomic E-state index is 0.0881. The number of ether oxygens (including phenoxy) is 1. The zero-order chi connectivity index (χ0) is 14.4. The van der Waals surface area contributed by atoms with Crippen LogP contribution in [0.3, 0.4) is 0 Å². The second kappa shape index (κ2) is 7.32. The summed E-state index contributed by atoms with van der Waals surface area (Å²) in [7, 11) is 0. The number of hydrogen-bond acceptors (Lipinski definition) is 2. The lowest BCUT2D eigenvalue weighted by Gasteiger charge is -2.06. The predicted molar refractivity (Wildman–Crippen MR) is 81.7 cm³/mol. The van der Waals surface area contributed by atoms with E-state index in [1.165, 1.54) is 0 Å². The number of carbonyl (C=O) groups is 1. The third kappa shape index (κ3) is 4.55. The molecule has 0 amide bonds. The Balaban J connectivity index is 1.81. The van der Waals surface area contributed by atoms with Gasteiger partial charge < -0.3 is 4.74 Å². The molecule has 0 bridgehead atoms. The van der Waals surface area contributed by atoms with E-state index < -0.39 is 0 Å². The summed E-state index contributed by atoms with van der Waals surface area (Å²) in [6, 6.07) is 14.6. The normalized spacial score (nSPS) is 10.3. The average molecular weight is 309 g/mol. The molecule has 0 heterocycles. The molecule has 2 aromatic carbocycles. The molecule has 2 rings (SSSR count). The lowest BCUT2D eigenvalue weighted by atomic mass is 10.1. The van der Waals surface area contributed by atoms with Crippen molar-refractivity contribution in [2.45, 2.75) is 12.8 Å². The smallest absolute Gasteiger partial charge is 0.140 e. The first-order valence-electron chi connectivity index (χ1n) is 6.28. The van der Waals surface area contributed by atoms with E-state index >= 15 is 0 Å². The van der Waals surface area contributed by atoms with Gasteiger partial charge in [0, 0.05) is 22.9 Å². The maximum Gasteiger partial charge on any atom is 0.140 e. The minimum Gasteiger partial charge on any atom is -0.493 e. The molecule has 0 aliphatic carbocycles. The van der Waals surface area contributed by atoms with E-state index in [-0.39, 0.29) is 5.78 Å². The highest BCUT2D eigenvalue weighted by Crippen LogP contribution is 2.21. The molecule has 2 nitrogen and oxygen atoms in total. The maximum absolute atomic E-state index is 11.9. The Kier molecular flexibility index (Phi) is 5.45. The van der Waals surface area contributed by atoms with Crippen molar-refractivity contribution < 1.29 is 9.53 Å². The van der Waals surface area contributed by atoms with E-state index in [9.17, 15) is 4.79 Å². The molecule has 4 heteroatoms. The molecule has 0 aromatic heterocycles. The summed E-state index contributed by atoms with van der Waals surface area (Å²) in [5.41, 5.74) is 0.792. The average Bonchev–Trinajstić information content (AvgIpc) is 2.43. The van der Waals surface area contributed by atoms with E-state index in [2.05, 4.69) is 0 Å². The molecule has 2 aromatic rings. The standard InChI is InChI=1S/C16H14Cl2O2/c17-13-7-6-12(16(18)11-13)10-14(19)8-9-20-15-4-2-1-3-5-15/h1-7,11H,8-10H2. The van der Waals surface area contributed by atoms with Crippen molar-refractivity contribution in [2.24, 2.45) is 0 Å². The van der Waals surface area contributed by atoms with Crippen LogP contribution in [0.5, 0.6) is 5.75 Å². The number of para-hydroxylation sites is 1. The lowest BCUT2D eigenvalue weighted by Crippen LogP contribution is -2.09. The topological polar surface area (TPSA) is 26.3 Å². The second-order valence-electron chi connectivity index (χ2n) is 4.36. The summed E-state index contributed by atoms with van der Waals surface area (Å²) in [5.74, 6) is 0.856. The SMILES string of the molecule is O=C(CCOc1ccccc1)Cc1ccc(Cl)cc1Cl. The van der Waals surface area contributed by atoms with Gasteiger partial charge in [0.2, 0.25) is 0 Å². The lowest BCUT2D eigenvalue weighted by molar-refractivity contribution is -0.118. The third-order valence-electron chi connectivity index (χ3n) is 2.80. The summed E-state index contributed by atoms with van der Waals surface area (Å²) >= 11 is 11.9. The quantitative estimate of drug-likeness (QED) is 0.781. The Morgan fingerprint density at radius 1 is 1.05 bits per heavy atom. The Morgan fingerprint density at radius 3 is 2.50 bits per heavy atom. The summed E-state index contributed by atoms with van der Waals surface area (Å²) in [5, 5.41) is 1.09. The molecule has 0 aliphatic heterocycles. The molecule has 0 radical (unpaired) electrons. The monoisotopic (exact) mass is 308 g/mol. The molecular formula is C16H14Cl2O2. The predicted octanol–water partition coefficient (Wildman–Crippen LogP) is 4.57. The molecule has 0 spiro atoms. The molecule has 0 saturated carbocycles. The number of carbonyl (C=O) groups excluding carboxylic acids is 1. The van der Waals surface area contributed by atoms with Crippen LogP contribution >= 0.6 is 23.2 Å². The number of benzene rings is 2. The van der Waals surface area contributed by atoms with E-state index in [4.69, 9.17) is 27.9 Å². The molecule has 20 heavy (non-hydrogen) atoms. The molecule has 0 unspecified atom stereocenters. The summed E-state index contributed by atoms with van der Waals surface area (Å²) in [6.45, 7) is 0.369. The van der Waals surface area contributed by atoms with Gasteiger partial charge in [0.05, 0.1) is 6.61 Å². The van der Waals surface area contributed by atoms with Crippen LogP contribution in [0.4, 0.5) is 0 Å². The Bertz CT molecular complexity index is 582. The van der Waals surface area contributed by atoms with Crippen molar-refractivity contribution in [2.75, 3.05) is 6.61 Å².